The number of hydrogen-bond donors (Lipinski definition) is 1. The fourth-order valence-electron chi connectivity index (χ4n) is 3.68. The van der Waals surface area contributed by atoms with Crippen molar-refractivity contribution in [3.63, 3.8) is 0 Å². The Hall–Kier alpha value is -2.61. The molecule has 2 aliphatic rings. The van der Waals surface area contributed by atoms with Crippen LogP contribution in [0.1, 0.15) is 48.0 Å². The van der Waals surface area contributed by atoms with Gasteiger partial charge in [-0.3, -0.25) is 9.69 Å². The van der Waals surface area contributed by atoms with E-state index in [1.54, 1.807) is 4.90 Å². The van der Waals surface area contributed by atoms with Gasteiger partial charge in [-0.1, -0.05) is 0 Å². The second-order valence-corrected chi connectivity index (χ2v) is 8.10. The maximum Gasteiger partial charge on any atom is 0.414 e. The normalized spacial score (nSPS) is 18.9. The molecule has 2 amide bonds. The lowest BCUT2D eigenvalue weighted by atomic mass is 9.92. The van der Waals surface area contributed by atoms with E-state index in [1.165, 1.54) is 18.4 Å². The van der Waals surface area contributed by atoms with Gasteiger partial charge >= 0.3 is 6.09 Å². The van der Waals surface area contributed by atoms with Crippen molar-refractivity contribution in [2.24, 2.45) is 5.73 Å². The average molecular weight is 401 g/mol. The summed E-state index contributed by atoms with van der Waals surface area (Å²) >= 11 is 1.22. The van der Waals surface area contributed by atoms with Crippen molar-refractivity contribution in [1.82, 2.24) is 4.98 Å². The summed E-state index contributed by atoms with van der Waals surface area (Å²) in [5, 5.41) is 2.09. The molecule has 0 unspecified atom stereocenters. The smallest absolute Gasteiger partial charge is 0.414 e. The lowest BCUT2D eigenvalue weighted by molar-refractivity contribution is 0.0999. The lowest BCUT2D eigenvalue weighted by Gasteiger charge is -2.36. The first-order chi connectivity index (χ1) is 13.5. The summed E-state index contributed by atoms with van der Waals surface area (Å²) in [6.07, 6.45) is 4.60. The Morgan fingerprint density at radius 3 is 2.68 bits per heavy atom. The van der Waals surface area contributed by atoms with Crippen molar-refractivity contribution in [2.45, 2.75) is 51.2 Å². The van der Waals surface area contributed by atoms with Gasteiger partial charge in [0.25, 0.3) is 5.91 Å². The number of fused-ring (bicyclic) bond motifs is 1. The van der Waals surface area contributed by atoms with Crippen molar-refractivity contribution in [3.05, 3.63) is 28.1 Å². The van der Waals surface area contributed by atoms with Crippen LogP contribution in [0.25, 0.3) is 11.3 Å². The summed E-state index contributed by atoms with van der Waals surface area (Å²) in [6.45, 7) is 2.01. The molecular weight excluding hydrogens is 378 g/mol. The molecule has 8 heteroatoms. The van der Waals surface area contributed by atoms with Crippen LogP contribution in [-0.2, 0) is 11.2 Å². The summed E-state index contributed by atoms with van der Waals surface area (Å²) < 4.78 is 11.4. The van der Waals surface area contributed by atoms with Gasteiger partial charge in [0.1, 0.15) is 5.75 Å². The molecule has 0 bridgehead atoms. The molecule has 2 aromatic rings. The number of ether oxygens (including phenoxy) is 2. The van der Waals surface area contributed by atoms with Gasteiger partial charge in [-0.15, -0.1) is 11.3 Å². The number of aromatic nitrogens is 1. The Labute approximate surface area is 167 Å². The first kappa shape index (κ1) is 18.7. The molecular formula is C20H23N3O4S. The molecule has 1 aliphatic carbocycles. The highest BCUT2D eigenvalue weighted by atomic mass is 32.1. The second kappa shape index (κ2) is 7.43. The summed E-state index contributed by atoms with van der Waals surface area (Å²) in [4.78, 5) is 29.9. The highest BCUT2D eigenvalue weighted by molar-refractivity contribution is 7.12. The van der Waals surface area contributed by atoms with Crippen LogP contribution in [-0.4, -0.2) is 36.2 Å². The van der Waals surface area contributed by atoms with E-state index in [9.17, 15) is 9.59 Å². The number of primary amides is 1. The maximum atomic E-state index is 12.4. The van der Waals surface area contributed by atoms with E-state index in [0.717, 1.165) is 54.7 Å². The Bertz CT molecular complexity index is 922. The third-order valence-corrected chi connectivity index (χ3v) is 6.30. The van der Waals surface area contributed by atoms with Crippen LogP contribution < -0.4 is 15.4 Å². The predicted molar refractivity (Wildman–Crippen MR) is 107 cm³/mol. The first-order valence-electron chi connectivity index (χ1n) is 9.45. The molecule has 0 radical (unpaired) electrons. The minimum absolute atomic E-state index is 0.0445. The van der Waals surface area contributed by atoms with Gasteiger partial charge < -0.3 is 15.2 Å². The molecule has 1 aliphatic heterocycles. The fraction of sp³-hybridized carbons (Fsp3) is 0.450. The standard InChI is InChI=1S/C20H23N3O4S/c1-11-6-7-14-16(23(11)20(25)26-2)9-8-13(17(14)27-12-4-3-5-12)15-10-28-19(22-15)18(21)24/h8-12H,3-7H2,1-2H3,(H2,21,24)/t11-/m0/s1. The Morgan fingerprint density at radius 2 is 2.07 bits per heavy atom. The number of thiazole rings is 1. The number of hydrogen-bond acceptors (Lipinski definition) is 6. The topological polar surface area (TPSA) is 94.8 Å². The van der Waals surface area contributed by atoms with Crippen molar-refractivity contribution >= 4 is 29.0 Å². The third-order valence-electron chi connectivity index (χ3n) is 5.45. The van der Waals surface area contributed by atoms with E-state index in [4.69, 9.17) is 15.2 Å². The van der Waals surface area contributed by atoms with E-state index in [0.29, 0.717) is 5.69 Å². The summed E-state index contributed by atoms with van der Waals surface area (Å²) in [6, 6.07) is 3.86. The number of carbonyl (C=O) groups excluding carboxylic acids is 2. The van der Waals surface area contributed by atoms with Crippen molar-refractivity contribution in [1.29, 1.82) is 0 Å². The number of carbonyl (C=O) groups is 2. The Balaban J connectivity index is 1.83. The molecule has 1 aromatic carbocycles. The van der Waals surface area contributed by atoms with E-state index in [1.807, 2.05) is 24.4 Å². The van der Waals surface area contributed by atoms with E-state index in [2.05, 4.69) is 4.98 Å². The summed E-state index contributed by atoms with van der Waals surface area (Å²) in [5.41, 5.74) is 8.66. The number of benzene rings is 1. The SMILES string of the molecule is COC(=O)N1c2ccc(-c3csc(C(N)=O)n3)c(OC3CCC3)c2CC[C@@H]1C. The predicted octanol–water partition coefficient (Wildman–Crippen LogP) is 3.75. The minimum Gasteiger partial charge on any atom is -0.489 e. The summed E-state index contributed by atoms with van der Waals surface area (Å²) in [5.74, 6) is 0.214. The molecule has 1 aromatic heterocycles. The molecule has 1 fully saturated rings. The number of methoxy groups -OCH3 is 1. The van der Waals surface area contributed by atoms with Gasteiger partial charge in [-0.25, -0.2) is 9.78 Å². The fourth-order valence-corrected chi connectivity index (χ4v) is 4.35. The van der Waals surface area contributed by atoms with Gasteiger partial charge in [-0.2, -0.15) is 0 Å². The molecule has 7 nitrogen and oxygen atoms in total. The zero-order chi connectivity index (χ0) is 19.8. The van der Waals surface area contributed by atoms with Gasteiger partial charge in [-0.05, 0) is 51.2 Å². The van der Waals surface area contributed by atoms with Crippen LogP contribution in [0.3, 0.4) is 0 Å². The van der Waals surface area contributed by atoms with Gasteiger partial charge in [0.05, 0.1) is 24.6 Å². The van der Waals surface area contributed by atoms with Gasteiger partial charge in [0.15, 0.2) is 5.01 Å². The van der Waals surface area contributed by atoms with Crippen LogP contribution in [0.5, 0.6) is 5.75 Å². The second-order valence-electron chi connectivity index (χ2n) is 7.24. The number of rotatable bonds is 4. The molecule has 0 saturated heterocycles. The zero-order valence-corrected chi connectivity index (χ0v) is 16.8. The van der Waals surface area contributed by atoms with Crippen molar-refractivity contribution in [3.8, 4) is 17.0 Å². The highest BCUT2D eigenvalue weighted by Crippen LogP contribution is 2.44. The molecule has 2 heterocycles. The Kier molecular flexibility index (Phi) is 4.97. The molecule has 1 atom stereocenters. The van der Waals surface area contributed by atoms with Crippen LogP contribution >= 0.6 is 11.3 Å². The zero-order valence-electron chi connectivity index (χ0n) is 15.9. The molecule has 4 rings (SSSR count). The first-order valence-corrected chi connectivity index (χ1v) is 10.3. The van der Waals surface area contributed by atoms with Crippen LogP contribution in [0.15, 0.2) is 17.5 Å². The number of anilines is 1. The van der Waals surface area contributed by atoms with Crippen LogP contribution in [0.2, 0.25) is 0 Å². The highest BCUT2D eigenvalue weighted by Gasteiger charge is 2.33. The monoisotopic (exact) mass is 401 g/mol. The quantitative estimate of drug-likeness (QED) is 0.842. The van der Waals surface area contributed by atoms with Gasteiger partial charge in [0.2, 0.25) is 0 Å². The molecule has 28 heavy (non-hydrogen) atoms. The van der Waals surface area contributed by atoms with E-state index in [-0.39, 0.29) is 23.2 Å². The van der Waals surface area contributed by atoms with Crippen LogP contribution in [0, 0.1) is 0 Å². The van der Waals surface area contributed by atoms with Crippen molar-refractivity contribution < 1.29 is 19.1 Å². The molecule has 1 saturated carbocycles. The average Bonchev–Trinajstić information content (AvgIpc) is 3.14. The molecule has 148 valence electrons. The molecule has 0 spiro atoms. The van der Waals surface area contributed by atoms with Gasteiger partial charge in [0, 0.05) is 22.5 Å². The number of nitrogens with zero attached hydrogens (tertiary/aromatic N) is 2. The van der Waals surface area contributed by atoms with Crippen LogP contribution in [0.4, 0.5) is 10.5 Å². The summed E-state index contributed by atoms with van der Waals surface area (Å²) in [7, 11) is 1.39. The third kappa shape index (κ3) is 3.22. The largest absolute Gasteiger partial charge is 0.489 e. The van der Waals surface area contributed by atoms with E-state index >= 15 is 0 Å². The number of nitrogens with two attached hydrogens (primary N) is 1. The Morgan fingerprint density at radius 1 is 1.29 bits per heavy atom. The van der Waals surface area contributed by atoms with E-state index < -0.39 is 5.91 Å². The minimum atomic E-state index is -0.540. The number of amides is 2. The maximum absolute atomic E-state index is 12.4. The lowest BCUT2D eigenvalue weighted by Crippen LogP contribution is -2.42. The molecule has 2 N–H and O–H groups in total. The van der Waals surface area contributed by atoms with Crippen molar-refractivity contribution in [2.75, 3.05) is 12.0 Å².